The van der Waals surface area contributed by atoms with Gasteiger partial charge in [0.2, 0.25) is 0 Å². The number of rotatable bonds is 2. The topological polar surface area (TPSA) is 67.6 Å². The minimum absolute atomic E-state index is 0.531. The minimum atomic E-state index is 0.531. The summed E-state index contributed by atoms with van der Waals surface area (Å²) in [6, 6.07) is 19.0. The number of nitrogens with two attached hydrogens (primary N) is 1. The van der Waals surface area contributed by atoms with Gasteiger partial charge >= 0.3 is 0 Å². The molecule has 3 aromatic rings. The lowest BCUT2D eigenvalue weighted by Gasteiger charge is -2.03. The monoisotopic (exact) mass is 338 g/mol. The Bertz CT molecular complexity index is 828. The smallest absolute Gasteiger partial charge is 0.127 e. The molecule has 4 nitrogen and oxygen atoms in total. The van der Waals surface area contributed by atoms with Gasteiger partial charge < -0.3 is 5.73 Å². The minimum Gasteiger partial charge on any atom is -0.384 e. The van der Waals surface area contributed by atoms with Gasteiger partial charge in [-0.1, -0.05) is 34.1 Å². The fraction of sp³-hybridized carbons (Fsp3) is 0. The number of anilines is 1. The standard InChI is InChI=1S/C16H11BrN4/c17-13-6-4-12(5-7-13)15-9-16(19)21(20-15)14-3-1-2-11(8-14)10-18/h1-9H,19H2. The summed E-state index contributed by atoms with van der Waals surface area (Å²) >= 11 is 3.41. The van der Waals surface area contributed by atoms with Crippen molar-refractivity contribution in [2.45, 2.75) is 0 Å². The zero-order valence-corrected chi connectivity index (χ0v) is 12.6. The van der Waals surface area contributed by atoms with E-state index in [-0.39, 0.29) is 0 Å². The predicted octanol–water partition coefficient (Wildman–Crippen LogP) is 3.76. The van der Waals surface area contributed by atoms with Gasteiger partial charge in [-0.15, -0.1) is 0 Å². The molecule has 2 N–H and O–H groups in total. The summed E-state index contributed by atoms with van der Waals surface area (Å²) in [4.78, 5) is 0. The van der Waals surface area contributed by atoms with Crippen LogP contribution < -0.4 is 5.73 Å². The zero-order valence-electron chi connectivity index (χ0n) is 11.0. The highest BCUT2D eigenvalue weighted by atomic mass is 79.9. The average molecular weight is 339 g/mol. The van der Waals surface area contributed by atoms with Crippen molar-refractivity contribution in [3.8, 4) is 23.0 Å². The van der Waals surface area contributed by atoms with E-state index < -0.39 is 0 Å². The third-order valence-corrected chi connectivity index (χ3v) is 3.63. The molecule has 3 rings (SSSR count). The lowest BCUT2D eigenvalue weighted by atomic mass is 10.2. The Morgan fingerprint density at radius 2 is 1.86 bits per heavy atom. The molecule has 102 valence electrons. The highest BCUT2D eigenvalue weighted by Gasteiger charge is 2.09. The van der Waals surface area contributed by atoms with E-state index in [1.807, 2.05) is 42.5 Å². The number of nitrogens with zero attached hydrogens (tertiary/aromatic N) is 3. The van der Waals surface area contributed by atoms with E-state index in [0.29, 0.717) is 11.4 Å². The molecule has 1 heterocycles. The maximum absolute atomic E-state index is 8.97. The summed E-state index contributed by atoms with van der Waals surface area (Å²) < 4.78 is 2.65. The fourth-order valence-electron chi connectivity index (χ4n) is 2.07. The van der Waals surface area contributed by atoms with Crippen molar-refractivity contribution >= 4 is 21.7 Å². The van der Waals surface area contributed by atoms with Gasteiger partial charge in [-0.25, -0.2) is 4.68 Å². The summed E-state index contributed by atoms with van der Waals surface area (Å²) in [5, 5.41) is 13.5. The molecule has 0 amide bonds. The summed E-state index contributed by atoms with van der Waals surface area (Å²) in [5.41, 5.74) is 9.17. The highest BCUT2D eigenvalue weighted by molar-refractivity contribution is 9.10. The Balaban J connectivity index is 2.05. The Morgan fingerprint density at radius 3 is 2.57 bits per heavy atom. The SMILES string of the molecule is N#Cc1cccc(-n2nc(-c3ccc(Br)cc3)cc2N)c1. The van der Waals surface area contributed by atoms with Gasteiger partial charge in [0.05, 0.1) is 23.0 Å². The summed E-state index contributed by atoms with van der Waals surface area (Å²) in [5.74, 6) is 0.531. The van der Waals surface area contributed by atoms with Gasteiger partial charge in [0.25, 0.3) is 0 Å². The van der Waals surface area contributed by atoms with E-state index in [4.69, 9.17) is 11.0 Å². The molecule has 2 aromatic carbocycles. The number of halogens is 1. The largest absolute Gasteiger partial charge is 0.384 e. The van der Waals surface area contributed by atoms with Crippen molar-refractivity contribution < 1.29 is 0 Å². The van der Waals surface area contributed by atoms with E-state index in [2.05, 4.69) is 27.1 Å². The van der Waals surface area contributed by atoms with Crippen LogP contribution >= 0.6 is 15.9 Å². The number of benzene rings is 2. The first kappa shape index (κ1) is 13.4. The van der Waals surface area contributed by atoms with Crippen molar-refractivity contribution in [1.29, 1.82) is 5.26 Å². The van der Waals surface area contributed by atoms with Gasteiger partial charge in [0.15, 0.2) is 0 Å². The molecule has 21 heavy (non-hydrogen) atoms. The molecule has 0 spiro atoms. The van der Waals surface area contributed by atoms with Crippen LogP contribution in [0.1, 0.15) is 5.56 Å². The second-order valence-electron chi connectivity index (χ2n) is 4.54. The van der Waals surface area contributed by atoms with Crippen molar-refractivity contribution in [3.05, 3.63) is 64.6 Å². The van der Waals surface area contributed by atoms with Crippen LogP contribution in [0.5, 0.6) is 0 Å². The van der Waals surface area contributed by atoms with Gasteiger partial charge in [0.1, 0.15) is 5.82 Å². The highest BCUT2D eigenvalue weighted by Crippen LogP contribution is 2.24. The summed E-state index contributed by atoms with van der Waals surface area (Å²) in [6.45, 7) is 0. The number of nitrogen functional groups attached to an aromatic ring is 1. The van der Waals surface area contributed by atoms with E-state index in [9.17, 15) is 0 Å². The number of hydrogen-bond acceptors (Lipinski definition) is 3. The van der Waals surface area contributed by atoms with Crippen molar-refractivity contribution in [1.82, 2.24) is 9.78 Å². The molecule has 0 bridgehead atoms. The maximum Gasteiger partial charge on any atom is 0.127 e. The van der Waals surface area contributed by atoms with E-state index in [1.54, 1.807) is 16.8 Å². The Morgan fingerprint density at radius 1 is 1.10 bits per heavy atom. The lowest BCUT2D eigenvalue weighted by Crippen LogP contribution is -2.01. The van der Waals surface area contributed by atoms with E-state index in [0.717, 1.165) is 21.4 Å². The number of aromatic nitrogens is 2. The maximum atomic E-state index is 8.97. The third kappa shape index (κ3) is 2.67. The Hall–Kier alpha value is -2.58. The molecule has 0 atom stereocenters. The Kier molecular flexibility index (Phi) is 3.46. The van der Waals surface area contributed by atoms with Gasteiger partial charge in [-0.2, -0.15) is 10.4 Å². The van der Waals surface area contributed by atoms with Crippen LogP contribution in [0.15, 0.2) is 59.1 Å². The van der Waals surface area contributed by atoms with E-state index in [1.165, 1.54) is 0 Å². The third-order valence-electron chi connectivity index (χ3n) is 3.10. The fourth-order valence-corrected chi connectivity index (χ4v) is 2.34. The molecular weight excluding hydrogens is 328 g/mol. The molecule has 0 fully saturated rings. The van der Waals surface area contributed by atoms with Crippen LogP contribution in [0.3, 0.4) is 0 Å². The first-order valence-corrected chi connectivity index (χ1v) is 7.09. The molecule has 0 aliphatic carbocycles. The Labute approximate surface area is 130 Å². The van der Waals surface area contributed by atoms with E-state index >= 15 is 0 Å². The zero-order chi connectivity index (χ0) is 14.8. The summed E-state index contributed by atoms with van der Waals surface area (Å²) in [6.07, 6.45) is 0. The quantitative estimate of drug-likeness (QED) is 0.773. The van der Waals surface area contributed by atoms with Crippen LogP contribution in [0.25, 0.3) is 16.9 Å². The van der Waals surface area contributed by atoms with Crippen LogP contribution in [-0.4, -0.2) is 9.78 Å². The van der Waals surface area contributed by atoms with Crippen molar-refractivity contribution in [3.63, 3.8) is 0 Å². The van der Waals surface area contributed by atoms with Crippen LogP contribution in [-0.2, 0) is 0 Å². The van der Waals surface area contributed by atoms with Crippen LogP contribution in [0.2, 0.25) is 0 Å². The predicted molar refractivity (Wildman–Crippen MR) is 85.8 cm³/mol. The lowest BCUT2D eigenvalue weighted by molar-refractivity contribution is 0.894. The van der Waals surface area contributed by atoms with Gasteiger partial charge in [0, 0.05) is 16.1 Å². The molecule has 0 saturated carbocycles. The first-order chi connectivity index (χ1) is 10.2. The molecule has 0 aliphatic rings. The van der Waals surface area contributed by atoms with Crippen molar-refractivity contribution in [2.24, 2.45) is 0 Å². The van der Waals surface area contributed by atoms with Gasteiger partial charge in [-0.05, 0) is 30.3 Å². The second-order valence-corrected chi connectivity index (χ2v) is 5.45. The second kappa shape index (κ2) is 5.43. The molecule has 5 heteroatoms. The molecular formula is C16H11BrN4. The molecule has 1 aromatic heterocycles. The molecule has 0 aliphatic heterocycles. The molecule has 0 unspecified atom stereocenters. The number of nitriles is 1. The van der Waals surface area contributed by atoms with Crippen LogP contribution in [0, 0.1) is 11.3 Å². The van der Waals surface area contributed by atoms with Gasteiger partial charge in [-0.3, -0.25) is 0 Å². The summed E-state index contributed by atoms with van der Waals surface area (Å²) in [7, 11) is 0. The van der Waals surface area contributed by atoms with Crippen molar-refractivity contribution in [2.75, 3.05) is 5.73 Å². The van der Waals surface area contributed by atoms with Crippen LogP contribution in [0.4, 0.5) is 5.82 Å². The number of hydrogen-bond donors (Lipinski definition) is 1. The molecule has 0 radical (unpaired) electrons. The molecule has 0 saturated heterocycles. The average Bonchev–Trinajstić information content (AvgIpc) is 2.90. The normalized spacial score (nSPS) is 10.3. The first-order valence-electron chi connectivity index (χ1n) is 6.29.